The van der Waals surface area contributed by atoms with Crippen LogP contribution in [0.15, 0.2) is 36.5 Å². The number of hydrogen-bond donors (Lipinski definition) is 1. The standard InChI is InChI=1S/C20H26N2O2/c1-20(2,3)18-15(8-6-12-24-18)13-22-19(23)17-16-9-5-4-7-14(16)10-11-21-17/h4-5,7,9-11,15,18H,6,8,12-13H2,1-3H3,(H,22,23)/t15-,18-/m0/s1. The van der Waals surface area contributed by atoms with Gasteiger partial charge in [-0.05, 0) is 29.7 Å². The maximum atomic E-state index is 12.6. The molecule has 2 atom stereocenters. The van der Waals surface area contributed by atoms with Crippen LogP contribution in [0.3, 0.4) is 0 Å². The van der Waals surface area contributed by atoms with Gasteiger partial charge in [-0.2, -0.15) is 0 Å². The third-order valence-corrected chi connectivity index (χ3v) is 4.71. The van der Waals surface area contributed by atoms with E-state index in [0.29, 0.717) is 18.2 Å². The fraction of sp³-hybridized carbons (Fsp3) is 0.500. The van der Waals surface area contributed by atoms with Gasteiger partial charge in [-0.3, -0.25) is 9.78 Å². The van der Waals surface area contributed by atoms with Crippen LogP contribution in [0.25, 0.3) is 10.8 Å². The first kappa shape index (κ1) is 16.9. The smallest absolute Gasteiger partial charge is 0.270 e. The highest BCUT2D eigenvalue weighted by atomic mass is 16.5. The fourth-order valence-electron chi connectivity index (χ4n) is 3.62. The molecule has 0 saturated carbocycles. The van der Waals surface area contributed by atoms with Crippen LogP contribution < -0.4 is 5.32 Å². The summed E-state index contributed by atoms with van der Waals surface area (Å²) in [4.78, 5) is 16.9. The molecule has 0 aliphatic carbocycles. The lowest BCUT2D eigenvalue weighted by Gasteiger charge is -2.40. The van der Waals surface area contributed by atoms with Crippen LogP contribution in [-0.2, 0) is 4.74 Å². The average Bonchev–Trinajstić information content (AvgIpc) is 2.58. The molecule has 1 aliphatic heterocycles. The van der Waals surface area contributed by atoms with Crippen molar-refractivity contribution in [1.82, 2.24) is 10.3 Å². The molecule has 0 radical (unpaired) electrons. The largest absolute Gasteiger partial charge is 0.377 e. The maximum Gasteiger partial charge on any atom is 0.270 e. The molecule has 3 rings (SSSR count). The summed E-state index contributed by atoms with van der Waals surface area (Å²) < 4.78 is 6.00. The lowest BCUT2D eigenvalue weighted by molar-refractivity contribution is -0.0839. The molecule has 1 aliphatic rings. The number of ether oxygens (including phenoxy) is 1. The molecular weight excluding hydrogens is 300 g/mol. The quantitative estimate of drug-likeness (QED) is 0.933. The van der Waals surface area contributed by atoms with Gasteiger partial charge in [0.15, 0.2) is 0 Å². The Morgan fingerprint density at radius 3 is 2.88 bits per heavy atom. The number of fused-ring (bicyclic) bond motifs is 1. The van der Waals surface area contributed by atoms with Crippen LogP contribution in [0, 0.1) is 11.3 Å². The van der Waals surface area contributed by atoms with Gasteiger partial charge in [0.25, 0.3) is 5.91 Å². The molecular formula is C20H26N2O2. The van der Waals surface area contributed by atoms with E-state index in [1.165, 1.54) is 0 Å². The van der Waals surface area contributed by atoms with E-state index in [9.17, 15) is 4.79 Å². The van der Waals surface area contributed by atoms with E-state index in [1.807, 2.05) is 30.3 Å². The predicted molar refractivity (Wildman–Crippen MR) is 96.0 cm³/mol. The van der Waals surface area contributed by atoms with Crippen LogP contribution in [-0.4, -0.2) is 30.1 Å². The van der Waals surface area contributed by atoms with Crippen LogP contribution in [0.1, 0.15) is 44.1 Å². The Labute approximate surface area is 143 Å². The molecule has 128 valence electrons. The molecule has 2 aromatic rings. The molecule has 24 heavy (non-hydrogen) atoms. The van der Waals surface area contributed by atoms with Gasteiger partial charge in [0.05, 0.1) is 6.10 Å². The zero-order valence-corrected chi connectivity index (χ0v) is 14.7. The lowest BCUT2D eigenvalue weighted by Crippen LogP contribution is -2.45. The minimum absolute atomic E-state index is 0.0769. The number of amides is 1. The van der Waals surface area contributed by atoms with E-state index >= 15 is 0 Å². The first-order valence-electron chi connectivity index (χ1n) is 8.70. The molecule has 1 N–H and O–H groups in total. The maximum absolute atomic E-state index is 12.6. The third-order valence-electron chi connectivity index (χ3n) is 4.71. The topological polar surface area (TPSA) is 51.2 Å². The second-order valence-corrected chi connectivity index (χ2v) is 7.65. The number of pyridine rings is 1. The number of hydrogen-bond acceptors (Lipinski definition) is 3. The summed E-state index contributed by atoms with van der Waals surface area (Å²) in [6, 6.07) is 9.77. The van der Waals surface area contributed by atoms with Gasteiger partial charge < -0.3 is 10.1 Å². The van der Waals surface area contributed by atoms with Gasteiger partial charge in [-0.1, -0.05) is 45.0 Å². The highest BCUT2D eigenvalue weighted by Crippen LogP contribution is 2.33. The van der Waals surface area contributed by atoms with Crippen molar-refractivity contribution in [2.45, 2.75) is 39.7 Å². The highest BCUT2D eigenvalue weighted by molar-refractivity contribution is 6.05. The van der Waals surface area contributed by atoms with E-state index in [1.54, 1.807) is 6.20 Å². The van der Waals surface area contributed by atoms with Crippen molar-refractivity contribution in [2.24, 2.45) is 11.3 Å². The van der Waals surface area contributed by atoms with E-state index in [-0.39, 0.29) is 17.4 Å². The molecule has 4 nitrogen and oxygen atoms in total. The molecule has 1 aromatic heterocycles. The molecule has 4 heteroatoms. The highest BCUT2D eigenvalue weighted by Gasteiger charge is 2.35. The molecule has 1 fully saturated rings. The zero-order valence-electron chi connectivity index (χ0n) is 14.7. The number of carbonyl (C=O) groups excluding carboxylic acids is 1. The second-order valence-electron chi connectivity index (χ2n) is 7.65. The van der Waals surface area contributed by atoms with Crippen molar-refractivity contribution >= 4 is 16.7 Å². The van der Waals surface area contributed by atoms with Gasteiger partial charge in [-0.25, -0.2) is 0 Å². The van der Waals surface area contributed by atoms with Crippen LogP contribution in [0.4, 0.5) is 0 Å². The molecule has 1 amide bonds. The number of carbonyl (C=O) groups is 1. The van der Waals surface area contributed by atoms with E-state index in [0.717, 1.165) is 30.2 Å². The zero-order chi connectivity index (χ0) is 17.2. The van der Waals surface area contributed by atoms with E-state index in [2.05, 4.69) is 31.1 Å². The monoisotopic (exact) mass is 326 g/mol. The average molecular weight is 326 g/mol. The van der Waals surface area contributed by atoms with Crippen LogP contribution >= 0.6 is 0 Å². The number of aromatic nitrogens is 1. The minimum Gasteiger partial charge on any atom is -0.377 e. The molecule has 0 spiro atoms. The number of nitrogens with one attached hydrogen (secondary N) is 1. The number of rotatable bonds is 3. The second kappa shape index (κ2) is 6.89. The lowest BCUT2D eigenvalue weighted by atomic mass is 9.78. The van der Waals surface area contributed by atoms with Crippen molar-refractivity contribution in [2.75, 3.05) is 13.2 Å². The Hall–Kier alpha value is -1.94. The Morgan fingerprint density at radius 2 is 2.08 bits per heavy atom. The summed E-state index contributed by atoms with van der Waals surface area (Å²) >= 11 is 0. The summed E-state index contributed by atoms with van der Waals surface area (Å²) in [6.45, 7) is 8.04. The molecule has 0 bridgehead atoms. The summed E-state index contributed by atoms with van der Waals surface area (Å²) in [5, 5.41) is 5.01. The summed E-state index contributed by atoms with van der Waals surface area (Å²) in [5.74, 6) is 0.239. The van der Waals surface area contributed by atoms with Crippen LogP contribution in [0.2, 0.25) is 0 Å². The summed E-state index contributed by atoms with van der Waals surface area (Å²) in [5.41, 5.74) is 0.574. The molecule has 1 aromatic carbocycles. The number of nitrogens with zero attached hydrogens (tertiary/aromatic N) is 1. The Bertz CT molecular complexity index is 716. The fourth-order valence-corrected chi connectivity index (χ4v) is 3.62. The van der Waals surface area contributed by atoms with Crippen molar-refractivity contribution in [3.8, 4) is 0 Å². The number of benzene rings is 1. The molecule has 1 saturated heterocycles. The normalized spacial score (nSPS) is 21.6. The van der Waals surface area contributed by atoms with Crippen LogP contribution in [0.5, 0.6) is 0 Å². The van der Waals surface area contributed by atoms with Gasteiger partial charge in [0.1, 0.15) is 5.69 Å². The Balaban J connectivity index is 1.72. The van der Waals surface area contributed by atoms with Crippen molar-refractivity contribution in [3.63, 3.8) is 0 Å². The van der Waals surface area contributed by atoms with Crippen molar-refractivity contribution in [3.05, 3.63) is 42.2 Å². The summed E-state index contributed by atoms with van der Waals surface area (Å²) in [7, 11) is 0. The first-order chi connectivity index (χ1) is 11.5. The van der Waals surface area contributed by atoms with Crippen molar-refractivity contribution in [1.29, 1.82) is 0 Å². The van der Waals surface area contributed by atoms with Crippen molar-refractivity contribution < 1.29 is 9.53 Å². The van der Waals surface area contributed by atoms with Gasteiger partial charge in [-0.15, -0.1) is 0 Å². The predicted octanol–water partition coefficient (Wildman–Crippen LogP) is 3.81. The van der Waals surface area contributed by atoms with E-state index < -0.39 is 0 Å². The van der Waals surface area contributed by atoms with Gasteiger partial charge in [0, 0.05) is 30.7 Å². The Morgan fingerprint density at radius 1 is 1.29 bits per heavy atom. The van der Waals surface area contributed by atoms with Gasteiger partial charge in [0.2, 0.25) is 0 Å². The Kier molecular flexibility index (Phi) is 4.86. The summed E-state index contributed by atoms with van der Waals surface area (Å²) in [6.07, 6.45) is 4.01. The SMILES string of the molecule is CC(C)(C)[C@H]1OCCC[C@H]1CNC(=O)c1nccc2ccccc12. The van der Waals surface area contributed by atoms with E-state index in [4.69, 9.17) is 4.74 Å². The third kappa shape index (κ3) is 3.59. The molecule has 2 heterocycles. The van der Waals surface area contributed by atoms with Gasteiger partial charge >= 0.3 is 0 Å². The minimum atomic E-state index is -0.106. The first-order valence-corrected chi connectivity index (χ1v) is 8.70. The molecule has 0 unspecified atom stereocenters.